The minimum absolute atomic E-state index is 0.128. The molecule has 0 atom stereocenters. The molecule has 8 heteroatoms. The number of amides is 2. The molecule has 0 unspecified atom stereocenters. The van der Waals surface area contributed by atoms with Crippen molar-refractivity contribution in [2.45, 2.75) is 68.3 Å². The summed E-state index contributed by atoms with van der Waals surface area (Å²) < 4.78 is 0. The normalized spacial score (nSPS) is 20.2. The second-order valence-electron chi connectivity index (χ2n) is 8.89. The highest BCUT2D eigenvalue weighted by Gasteiger charge is 2.25. The third kappa shape index (κ3) is 5.46. The van der Waals surface area contributed by atoms with Crippen LogP contribution >= 0.6 is 11.8 Å². The van der Waals surface area contributed by atoms with Crippen LogP contribution < -0.4 is 20.9 Å². The quantitative estimate of drug-likeness (QED) is 0.550. The molecular formula is C24H34N6OS. The van der Waals surface area contributed by atoms with Gasteiger partial charge in [0.15, 0.2) is 0 Å². The number of benzene rings is 1. The highest BCUT2D eigenvalue weighted by molar-refractivity contribution is 7.98. The molecule has 2 aliphatic rings. The zero-order valence-corrected chi connectivity index (χ0v) is 20.1. The maximum absolute atomic E-state index is 12.5. The zero-order valence-electron chi connectivity index (χ0n) is 19.3. The van der Waals surface area contributed by atoms with Gasteiger partial charge in [-0.3, -0.25) is 0 Å². The van der Waals surface area contributed by atoms with Gasteiger partial charge >= 0.3 is 6.03 Å². The maximum atomic E-state index is 12.5. The summed E-state index contributed by atoms with van der Waals surface area (Å²) in [6.07, 6.45) is 10.4. The maximum Gasteiger partial charge on any atom is 0.319 e. The predicted molar refractivity (Wildman–Crippen MR) is 133 cm³/mol. The average Bonchev–Trinajstić information content (AvgIpc) is 2.80. The molecule has 1 fully saturated rings. The van der Waals surface area contributed by atoms with Crippen LogP contribution in [-0.2, 0) is 12.8 Å². The molecular weight excluding hydrogens is 420 g/mol. The first-order valence-electron chi connectivity index (χ1n) is 11.6. The number of rotatable bonds is 6. The summed E-state index contributed by atoms with van der Waals surface area (Å²) in [6.45, 7) is 0. The van der Waals surface area contributed by atoms with Gasteiger partial charge in [-0.25, -0.2) is 9.78 Å². The van der Waals surface area contributed by atoms with E-state index in [9.17, 15) is 4.79 Å². The van der Waals surface area contributed by atoms with Gasteiger partial charge in [0.2, 0.25) is 5.95 Å². The Hall–Kier alpha value is -2.48. The zero-order chi connectivity index (χ0) is 22.5. The summed E-state index contributed by atoms with van der Waals surface area (Å²) in [6, 6.07) is 8.28. The first kappa shape index (κ1) is 22.7. The van der Waals surface area contributed by atoms with Crippen LogP contribution in [0.15, 0.2) is 29.2 Å². The lowest BCUT2D eigenvalue weighted by molar-refractivity contribution is 0.243. The van der Waals surface area contributed by atoms with Crippen molar-refractivity contribution in [3.63, 3.8) is 0 Å². The molecule has 0 aliphatic heterocycles. The first-order chi connectivity index (χ1) is 15.5. The van der Waals surface area contributed by atoms with Gasteiger partial charge in [0.05, 0.1) is 11.4 Å². The highest BCUT2D eigenvalue weighted by Crippen LogP contribution is 2.29. The van der Waals surface area contributed by atoms with Crippen molar-refractivity contribution in [2.24, 2.45) is 0 Å². The number of anilines is 3. The van der Waals surface area contributed by atoms with Crippen molar-refractivity contribution in [3.8, 4) is 0 Å². The SMILES string of the molecule is CSc1ccccc1NC(=O)NC1CCC(Nc2nc3c(c(N(C)C)n2)CCCC3)CC1. The molecule has 4 rings (SSSR count). The molecule has 1 saturated carbocycles. The van der Waals surface area contributed by atoms with Crippen LogP contribution in [0.2, 0.25) is 0 Å². The number of carbonyl (C=O) groups is 1. The molecule has 1 heterocycles. The average molecular weight is 455 g/mol. The van der Waals surface area contributed by atoms with Crippen LogP contribution in [0, 0.1) is 0 Å². The van der Waals surface area contributed by atoms with Crippen molar-refractivity contribution in [2.75, 3.05) is 35.9 Å². The molecule has 2 aliphatic carbocycles. The van der Waals surface area contributed by atoms with Crippen LogP contribution in [0.25, 0.3) is 0 Å². The minimum Gasteiger partial charge on any atom is -0.362 e. The number of fused-ring (bicyclic) bond motifs is 1. The minimum atomic E-state index is -0.128. The van der Waals surface area contributed by atoms with Crippen molar-refractivity contribution in [3.05, 3.63) is 35.5 Å². The fourth-order valence-electron chi connectivity index (χ4n) is 4.67. The number of nitrogens with zero attached hydrogens (tertiary/aromatic N) is 3. The molecule has 172 valence electrons. The second kappa shape index (κ2) is 10.4. The van der Waals surface area contributed by atoms with Gasteiger partial charge in [0.25, 0.3) is 0 Å². The van der Waals surface area contributed by atoms with E-state index in [-0.39, 0.29) is 12.1 Å². The van der Waals surface area contributed by atoms with E-state index in [1.165, 1.54) is 24.1 Å². The Labute approximate surface area is 195 Å². The Balaban J connectivity index is 1.30. The van der Waals surface area contributed by atoms with Crippen LogP contribution in [0.1, 0.15) is 49.8 Å². The molecule has 7 nitrogen and oxygen atoms in total. The number of carbonyl (C=O) groups excluding carboxylic acids is 1. The fraction of sp³-hybridized carbons (Fsp3) is 0.542. The number of nitrogens with one attached hydrogen (secondary N) is 3. The van der Waals surface area contributed by atoms with E-state index in [4.69, 9.17) is 9.97 Å². The summed E-state index contributed by atoms with van der Waals surface area (Å²) in [5.41, 5.74) is 3.37. The van der Waals surface area contributed by atoms with E-state index in [1.807, 2.05) is 30.5 Å². The molecule has 1 aromatic carbocycles. The molecule has 1 aromatic heterocycles. The number of urea groups is 1. The highest BCUT2D eigenvalue weighted by atomic mass is 32.2. The fourth-order valence-corrected chi connectivity index (χ4v) is 5.22. The van der Waals surface area contributed by atoms with Gasteiger partial charge in [-0.05, 0) is 69.8 Å². The van der Waals surface area contributed by atoms with Gasteiger partial charge in [0, 0.05) is 36.6 Å². The van der Waals surface area contributed by atoms with Crippen LogP contribution in [-0.4, -0.2) is 48.4 Å². The number of hydrogen-bond acceptors (Lipinski definition) is 6. The molecule has 2 amide bonds. The predicted octanol–water partition coefficient (Wildman–Crippen LogP) is 4.69. The number of thioether (sulfide) groups is 1. The van der Waals surface area contributed by atoms with Gasteiger partial charge in [-0.1, -0.05) is 12.1 Å². The van der Waals surface area contributed by atoms with E-state index in [0.29, 0.717) is 6.04 Å². The van der Waals surface area contributed by atoms with Crippen LogP contribution in [0.4, 0.5) is 22.2 Å². The number of para-hydroxylation sites is 1. The van der Waals surface area contributed by atoms with Crippen molar-refractivity contribution >= 4 is 35.2 Å². The van der Waals surface area contributed by atoms with Gasteiger partial charge in [-0.2, -0.15) is 4.98 Å². The summed E-state index contributed by atoms with van der Waals surface area (Å²) in [5, 5.41) is 9.71. The van der Waals surface area contributed by atoms with Crippen molar-refractivity contribution in [1.29, 1.82) is 0 Å². The van der Waals surface area contributed by atoms with Crippen molar-refractivity contribution in [1.82, 2.24) is 15.3 Å². The largest absolute Gasteiger partial charge is 0.362 e. The smallest absolute Gasteiger partial charge is 0.319 e. The Morgan fingerprint density at radius 2 is 1.75 bits per heavy atom. The molecule has 32 heavy (non-hydrogen) atoms. The lowest BCUT2D eigenvalue weighted by Crippen LogP contribution is -2.42. The summed E-state index contributed by atoms with van der Waals surface area (Å²) in [4.78, 5) is 25.3. The monoisotopic (exact) mass is 454 g/mol. The third-order valence-electron chi connectivity index (χ3n) is 6.34. The van der Waals surface area contributed by atoms with Crippen molar-refractivity contribution < 1.29 is 4.79 Å². The number of aryl methyl sites for hydroxylation is 1. The molecule has 2 aromatic rings. The van der Waals surface area contributed by atoms with E-state index < -0.39 is 0 Å². The van der Waals surface area contributed by atoms with Gasteiger partial charge in [0.1, 0.15) is 5.82 Å². The lowest BCUT2D eigenvalue weighted by Gasteiger charge is -2.30. The second-order valence-corrected chi connectivity index (χ2v) is 9.74. The van der Waals surface area contributed by atoms with E-state index in [0.717, 1.165) is 60.9 Å². The summed E-state index contributed by atoms with van der Waals surface area (Å²) in [7, 11) is 4.11. The van der Waals surface area contributed by atoms with Gasteiger partial charge in [-0.15, -0.1) is 11.8 Å². The summed E-state index contributed by atoms with van der Waals surface area (Å²) in [5.74, 6) is 1.80. The topological polar surface area (TPSA) is 82.2 Å². The first-order valence-corrected chi connectivity index (χ1v) is 12.8. The van der Waals surface area contributed by atoms with E-state index in [2.05, 4.69) is 34.9 Å². The standard InChI is InChI=1S/C24H34N6OS/c1-30(2)22-18-8-4-5-9-19(18)27-23(29-22)25-16-12-14-17(15-13-16)26-24(31)28-20-10-6-7-11-21(20)32-3/h6-7,10-11,16-17H,4-5,8-9,12-15H2,1-3H3,(H,25,27,29)(H2,26,28,31). The summed E-state index contributed by atoms with van der Waals surface area (Å²) >= 11 is 1.63. The molecule has 3 N–H and O–H groups in total. The Morgan fingerprint density at radius 1 is 1.03 bits per heavy atom. The van der Waals surface area contributed by atoms with E-state index in [1.54, 1.807) is 11.8 Å². The Morgan fingerprint density at radius 3 is 2.50 bits per heavy atom. The molecule has 0 saturated heterocycles. The number of aromatic nitrogens is 2. The Bertz CT molecular complexity index is 942. The number of hydrogen-bond donors (Lipinski definition) is 3. The lowest BCUT2D eigenvalue weighted by atomic mass is 9.91. The molecule has 0 spiro atoms. The van der Waals surface area contributed by atoms with E-state index >= 15 is 0 Å². The van der Waals surface area contributed by atoms with Crippen LogP contribution in [0.3, 0.4) is 0 Å². The van der Waals surface area contributed by atoms with Gasteiger partial charge < -0.3 is 20.9 Å². The molecule has 0 bridgehead atoms. The molecule has 0 radical (unpaired) electrons. The Kier molecular flexibility index (Phi) is 7.40. The van der Waals surface area contributed by atoms with Crippen LogP contribution in [0.5, 0.6) is 0 Å². The third-order valence-corrected chi connectivity index (χ3v) is 7.13.